The Hall–Kier alpha value is 0.757. The Labute approximate surface area is 191 Å². The van der Waals surface area contributed by atoms with Crippen molar-refractivity contribution in [1.82, 2.24) is 3.53 Å². The summed E-state index contributed by atoms with van der Waals surface area (Å²) < 4.78 is 14.7. The van der Waals surface area contributed by atoms with E-state index < -0.39 is 15.7 Å². The van der Waals surface area contributed by atoms with Gasteiger partial charge in [0.05, 0.1) is 0 Å². The summed E-state index contributed by atoms with van der Waals surface area (Å²) in [4.78, 5) is 19.7. The van der Waals surface area contributed by atoms with Crippen molar-refractivity contribution in [3.8, 4) is 0 Å². The number of halogens is 1. The molecule has 8 heteroatoms. The van der Waals surface area contributed by atoms with E-state index in [0.29, 0.717) is 6.42 Å². The van der Waals surface area contributed by atoms with Crippen LogP contribution in [0.15, 0.2) is 17.5 Å². The predicted octanol–water partition coefficient (Wildman–Crippen LogP) is 7.00. The number of aryl methyl sites for hydroxylation is 1. The quantitative estimate of drug-likeness (QED) is 0.0671. The normalized spacial score (nSPS) is 14.9. The van der Waals surface area contributed by atoms with Gasteiger partial charge in [0.1, 0.15) is 0 Å². The van der Waals surface area contributed by atoms with Crippen molar-refractivity contribution in [1.29, 1.82) is 0 Å². The standard InChI is InChI=1S/C20H39INO3PSSi/c1-28(2,3)18-9-7-15-20(22-21,14-6-8-16-26(23,24)25)13-5-4-11-19-12-10-17-27-19/h10,12,17,22H,4-9,11,13-16,18H2,1-3H3,(H2,23,24,25). The fraction of sp³-hybridized carbons (Fsp3) is 0.800. The van der Waals surface area contributed by atoms with Gasteiger partial charge in [-0.1, -0.05) is 57.4 Å². The molecule has 0 aliphatic heterocycles. The summed E-state index contributed by atoms with van der Waals surface area (Å²) in [5.41, 5.74) is 0.102. The Morgan fingerprint density at radius 2 is 1.68 bits per heavy atom. The maximum atomic E-state index is 11.1. The largest absolute Gasteiger partial charge is 0.325 e. The summed E-state index contributed by atoms with van der Waals surface area (Å²) in [5, 5.41) is 2.14. The van der Waals surface area contributed by atoms with Gasteiger partial charge in [-0.3, -0.25) is 8.10 Å². The second-order valence-corrected chi connectivity index (χ2v) is 18.2. The molecule has 28 heavy (non-hydrogen) atoms. The van der Waals surface area contributed by atoms with E-state index in [-0.39, 0.29) is 11.7 Å². The van der Waals surface area contributed by atoms with E-state index in [4.69, 9.17) is 9.79 Å². The molecular weight excluding hydrogens is 520 g/mol. The molecule has 1 heterocycles. The molecule has 1 aromatic heterocycles. The highest BCUT2D eigenvalue weighted by Gasteiger charge is 2.28. The van der Waals surface area contributed by atoms with Gasteiger partial charge in [-0.2, -0.15) is 0 Å². The number of hydrogen-bond acceptors (Lipinski definition) is 3. The second-order valence-electron chi connectivity index (χ2n) is 9.27. The zero-order valence-corrected chi connectivity index (χ0v) is 22.6. The average molecular weight is 560 g/mol. The lowest BCUT2D eigenvalue weighted by molar-refractivity contribution is 0.294. The third-order valence-corrected chi connectivity index (χ3v) is 10.1. The molecule has 0 aromatic carbocycles. The lowest BCUT2D eigenvalue weighted by atomic mass is 9.83. The van der Waals surface area contributed by atoms with Crippen molar-refractivity contribution < 1.29 is 14.4 Å². The SMILES string of the molecule is C[Si](C)(C)CCCCC(CCCCc1cccs1)(CCCCP(=O)(O)O)NI. The van der Waals surface area contributed by atoms with Crippen LogP contribution in [0.3, 0.4) is 0 Å². The molecule has 0 bridgehead atoms. The minimum atomic E-state index is -3.87. The van der Waals surface area contributed by atoms with Gasteiger partial charge in [-0.15, -0.1) is 11.3 Å². The maximum Gasteiger partial charge on any atom is 0.325 e. The topological polar surface area (TPSA) is 69.6 Å². The van der Waals surface area contributed by atoms with Crippen LogP contribution in [0.1, 0.15) is 62.7 Å². The number of hydrogen-bond donors (Lipinski definition) is 3. The van der Waals surface area contributed by atoms with Crippen molar-refractivity contribution in [2.45, 2.75) is 95.4 Å². The van der Waals surface area contributed by atoms with Gasteiger partial charge in [0.2, 0.25) is 0 Å². The Bertz CT molecular complexity index is 577. The zero-order chi connectivity index (χ0) is 21.1. The maximum absolute atomic E-state index is 11.1. The highest BCUT2D eigenvalue weighted by atomic mass is 127. The summed E-state index contributed by atoms with van der Waals surface area (Å²) in [7, 11) is -4.86. The molecule has 0 saturated carbocycles. The average Bonchev–Trinajstić information content (AvgIpc) is 3.10. The molecule has 0 amide bonds. The van der Waals surface area contributed by atoms with E-state index in [2.05, 4.69) is 63.5 Å². The fourth-order valence-electron chi connectivity index (χ4n) is 3.63. The monoisotopic (exact) mass is 559 g/mol. The zero-order valence-electron chi connectivity index (χ0n) is 17.8. The summed E-state index contributed by atoms with van der Waals surface area (Å²) in [5.74, 6) is 0. The Kier molecular flexibility index (Phi) is 12.7. The summed E-state index contributed by atoms with van der Waals surface area (Å²) in [6, 6.07) is 5.71. The molecule has 3 N–H and O–H groups in total. The van der Waals surface area contributed by atoms with Crippen molar-refractivity contribution in [3.63, 3.8) is 0 Å². The van der Waals surface area contributed by atoms with Crippen molar-refractivity contribution >= 4 is 49.9 Å². The number of thiophene rings is 1. The lowest BCUT2D eigenvalue weighted by Gasteiger charge is -2.33. The van der Waals surface area contributed by atoms with Crippen LogP contribution in [-0.4, -0.2) is 29.6 Å². The molecule has 1 unspecified atom stereocenters. The highest BCUT2D eigenvalue weighted by Crippen LogP contribution is 2.37. The van der Waals surface area contributed by atoms with Gasteiger partial charge >= 0.3 is 7.60 Å². The third-order valence-electron chi connectivity index (χ3n) is 5.30. The van der Waals surface area contributed by atoms with Gasteiger partial charge < -0.3 is 9.79 Å². The molecule has 1 atom stereocenters. The second kappa shape index (κ2) is 13.2. The Morgan fingerprint density at radius 1 is 1.07 bits per heavy atom. The fourth-order valence-corrected chi connectivity index (χ4v) is 7.14. The number of unbranched alkanes of at least 4 members (excludes halogenated alkanes) is 3. The third kappa shape index (κ3) is 13.1. The lowest BCUT2D eigenvalue weighted by Crippen LogP contribution is -2.39. The first-order valence-electron chi connectivity index (χ1n) is 10.5. The van der Waals surface area contributed by atoms with Crippen LogP contribution in [0.5, 0.6) is 0 Å². The minimum absolute atomic E-state index is 0.0122. The van der Waals surface area contributed by atoms with Crippen LogP contribution in [0.2, 0.25) is 25.7 Å². The first-order chi connectivity index (χ1) is 13.1. The van der Waals surface area contributed by atoms with Gasteiger partial charge in [0.15, 0.2) is 0 Å². The Balaban J connectivity index is 2.51. The van der Waals surface area contributed by atoms with Crippen molar-refractivity contribution in [3.05, 3.63) is 22.4 Å². The molecule has 0 fully saturated rings. The summed E-state index contributed by atoms with van der Waals surface area (Å²) >= 11 is 4.15. The summed E-state index contributed by atoms with van der Waals surface area (Å²) in [6.45, 7) is 7.30. The van der Waals surface area contributed by atoms with Crippen LogP contribution in [0, 0.1) is 0 Å². The van der Waals surface area contributed by atoms with Crippen LogP contribution < -0.4 is 3.53 Å². The first-order valence-corrected chi connectivity index (χ1v) is 18.0. The number of nitrogens with one attached hydrogen (secondary N) is 1. The van der Waals surface area contributed by atoms with E-state index >= 15 is 0 Å². The smallest absolute Gasteiger partial charge is 0.324 e. The molecule has 0 spiro atoms. The van der Waals surface area contributed by atoms with Gasteiger partial charge in [-0.05, 0) is 50.0 Å². The van der Waals surface area contributed by atoms with E-state index in [9.17, 15) is 4.57 Å². The highest BCUT2D eigenvalue weighted by molar-refractivity contribution is 14.1. The molecule has 0 saturated heterocycles. The number of rotatable bonds is 16. The van der Waals surface area contributed by atoms with Gasteiger partial charge in [0.25, 0.3) is 0 Å². The van der Waals surface area contributed by atoms with Crippen LogP contribution >= 0.6 is 41.8 Å². The Morgan fingerprint density at radius 3 is 2.18 bits per heavy atom. The molecule has 0 radical (unpaired) electrons. The van der Waals surface area contributed by atoms with E-state index in [1.807, 2.05) is 11.3 Å². The van der Waals surface area contributed by atoms with Gasteiger partial charge in [-0.25, -0.2) is 0 Å². The molecule has 4 nitrogen and oxygen atoms in total. The molecule has 1 rings (SSSR count). The first kappa shape index (κ1) is 26.8. The van der Waals surface area contributed by atoms with E-state index in [0.717, 1.165) is 32.1 Å². The molecule has 0 aliphatic carbocycles. The molecule has 0 aliphatic rings. The van der Waals surface area contributed by atoms with Crippen molar-refractivity contribution in [2.24, 2.45) is 0 Å². The molecular formula is C20H39INO3PSSi. The van der Waals surface area contributed by atoms with E-state index in [1.165, 1.54) is 36.6 Å². The van der Waals surface area contributed by atoms with Gasteiger partial charge in [0, 0.05) is 47.5 Å². The van der Waals surface area contributed by atoms with Crippen molar-refractivity contribution in [2.75, 3.05) is 6.16 Å². The predicted molar refractivity (Wildman–Crippen MR) is 135 cm³/mol. The van der Waals surface area contributed by atoms with E-state index in [1.54, 1.807) is 0 Å². The summed E-state index contributed by atoms with van der Waals surface area (Å²) in [6.07, 6.45) is 10.9. The van der Waals surface area contributed by atoms with Crippen LogP contribution in [0.4, 0.5) is 0 Å². The molecule has 1 aromatic rings. The van der Waals surface area contributed by atoms with Crippen LogP contribution in [-0.2, 0) is 11.0 Å². The minimum Gasteiger partial charge on any atom is -0.324 e. The molecule has 164 valence electrons. The van der Waals surface area contributed by atoms with Crippen LogP contribution in [0.25, 0.3) is 0 Å².